The fourth-order valence-electron chi connectivity index (χ4n) is 2.58. The first-order valence-electron chi connectivity index (χ1n) is 8.40. The van der Waals surface area contributed by atoms with Crippen molar-refractivity contribution in [2.45, 2.75) is 39.3 Å². The number of hydrogen-bond donors (Lipinski definition) is 1. The van der Waals surface area contributed by atoms with Crippen LogP contribution >= 0.6 is 15.9 Å². The Morgan fingerprint density at radius 2 is 1.88 bits per heavy atom. The Kier molecular flexibility index (Phi) is 7.60. The number of nitrogens with one attached hydrogen (secondary N) is 1. The first-order valence-corrected chi connectivity index (χ1v) is 9.19. The van der Waals surface area contributed by atoms with Crippen molar-refractivity contribution in [1.82, 2.24) is 5.32 Å². The first kappa shape index (κ1) is 18.8. The lowest BCUT2D eigenvalue weighted by molar-refractivity contribution is 0.308. The SMILES string of the molecule is CCOc1c(Br)cc(CNC(C)CCc2ccccc2)cc1OC. The molecule has 2 rings (SSSR count). The van der Waals surface area contributed by atoms with E-state index in [4.69, 9.17) is 9.47 Å². The Morgan fingerprint density at radius 3 is 2.54 bits per heavy atom. The molecule has 1 unspecified atom stereocenters. The number of hydrogen-bond acceptors (Lipinski definition) is 3. The molecule has 0 bridgehead atoms. The van der Waals surface area contributed by atoms with Gasteiger partial charge in [0.1, 0.15) is 0 Å². The minimum absolute atomic E-state index is 0.446. The Morgan fingerprint density at radius 1 is 1.12 bits per heavy atom. The molecule has 0 amide bonds. The van der Waals surface area contributed by atoms with E-state index in [0.717, 1.165) is 35.4 Å². The summed E-state index contributed by atoms with van der Waals surface area (Å²) in [7, 11) is 1.67. The van der Waals surface area contributed by atoms with Gasteiger partial charge in [-0.2, -0.15) is 0 Å². The predicted molar refractivity (Wildman–Crippen MR) is 103 cm³/mol. The molecule has 0 saturated heterocycles. The van der Waals surface area contributed by atoms with E-state index in [1.165, 1.54) is 11.1 Å². The molecule has 130 valence electrons. The van der Waals surface area contributed by atoms with E-state index in [1.807, 2.05) is 13.0 Å². The maximum atomic E-state index is 5.63. The van der Waals surface area contributed by atoms with E-state index in [1.54, 1.807) is 7.11 Å². The highest BCUT2D eigenvalue weighted by Gasteiger charge is 2.12. The van der Waals surface area contributed by atoms with E-state index in [0.29, 0.717) is 12.6 Å². The second-order valence-electron chi connectivity index (χ2n) is 5.85. The molecule has 3 nitrogen and oxygen atoms in total. The summed E-state index contributed by atoms with van der Waals surface area (Å²) in [5.74, 6) is 1.53. The molecule has 0 aliphatic carbocycles. The molecule has 1 atom stereocenters. The average Bonchev–Trinajstić information content (AvgIpc) is 2.61. The fraction of sp³-hybridized carbons (Fsp3) is 0.400. The van der Waals surface area contributed by atoms with Crippen LogP contribution in [0.1, 0.15) is 31.4 Å². The Hall–Kier alpha value is -1.52. The third kappa shape index (κ3) is 5.53. The second kappa shape index (κ2) is 9.70. The third-order valence-corrected chi connectivity index (χ3v) is 4.53. The summed E-state index contributed by atoms with van der Waals surface area (Å²) in [4.78, 5) is 0. The van der Waals surface area contributed by atoms with Gasteiger partial charge in [0.15, 0.2) is 11.5 Å². The summed E-state index contributed by atoms with van der Waals surface area (Å²) in [5.41, 5.74) is 2.56. The summed E-state index contributed by atoms with van der Waals surface area (Å²) in [6, 6.07) is 15.2. The van der Waals surface area contributed by atoms with Crippen LogP contribution in [0.15, 0.2) is 46.9 Å². The van der Waals surface area contributed by atoms with Gasteiger partial charge in [-0.1, -0.05) is 30.3 Å². The van der Waals surface area contributed by atoms with Gasteiger partial charge in [-0.05, 0) is 65.9 Å². The van der Waals surface area contributed by atoms with Crippen molar-refractivity contribution in [1.29, 1.82) is 0 Å². The molecule has 4 heteroatoms. The van der Waals surface area contributed by atoms with Gasteiger partial charge in [-0.25, -0.2) is 0 Å². The number of methoxy groups -OCH3 is 1. The third-order valence-electron chi connectivity index (χ3n) is 3.94. The molecular formula is C20H26BrNO2. The van der Waals surface area contributed by atoms with Crippen LogP contribution in [0, 0.1) is 0 Å². The Labute approximate surface area is 153 Å². The van der Waals surface area contributed by atoms with Crippen molar-refractivity contribution < 1.29 is 9.47 Å². The van der Waals surface area contributed by atoms with Gasteiger partial charge in [0.25, 0.3) is 0 Å². The highest BCUT2D eigenvalue weighted by Crippen LogP contribution is 2.36. The largest absolute Gasteiger partial charge is 0.493 e. The van der Waals surface area contributed by atoms with Gasteiger partial charge in [-0.3, -0.25) is 0 Å². The van der Waals surface area contributed by atoms with E-state index in [9.17, 15) is 0 Å². The fourth-order valence-corrected chi connectivity index (χ4v) is 3.19. The van der Waals surface area contributed by atoms with Gasteiger partial charge in [0.2, 0.25) is 0 Å². The summed E-state index contributed by atoms with van der Waals surface area (Å²) in [5, 5.41) is 3.58. The zero-order chi connectivity index (χ0) is 17.4. The smallest absolute Gasteiger partial charge is 0.175 e. The van der Waals surface area contributed by atoms with Crippen molar-refractivity contribution >= 4 is 15.9 Å². The molecule has 1 N–H and O–H groups in total. The van der Waals surface area contributed by atoms with Crippen LogP contribution in [0.25, 0.3) is 0 Å². The van der Waals surface area contributed by atoms with Crippen LogP contribution in [-0.2, 0) is 13.0 Å². The summed E-state index contributed by atoms with van der Waals surface area (Å²) in [6.07, 6.45) is 2.20. The van der Waals surface area contributed by atoms with E-state index < -0.39 is 0 Å². The molecule has 0 spiro atoms. The molecular weight excluding hydrogens is 366 g/mol. The minimum Gasteiger partial charge on any atom is -0.493 e. The lowest BCUT2D eigenvalue weighted by atomic mass is 10.1. The van der Waals surface area contributed by atoms with E-state index in [-0.39, 0.29) is 0 Å². The minimum atomic E-state index is 0.446. The van der Waals surface area contributed by atoms with E-state index in [2.05, 4.69) is 64.6 Å². The lowest BCUT2D eigenvalue weighted by Crippen LogP contribution is -2.26. The number of rotatable bonds is 9. The van der Waals surface area contributed by atoms with Crippen LogP contribution in [0.2, 0.25) is 0 Å². The zero-order valence-electron chi connectivity index (χ0n) is 14.6. The molecule has 0 heterocycles. The molecule has 0 radical (unpaired) electrons. The van der Waals surface area contributed by atoms with Gasteiger partial charge in [0.05, 0.1) is 18.2 Å². The standard InChI is InChI=1S/C20H26BrNO2/c1-4-24-20-18(21)12-17(13-19(20)23-3)14-22-15(2)10-11-16-8-6-5-7-9-16/h5-9,12-13,15,22H,4,10-11,14H2,1-3H3. The molecule has 24 heavy (non-hydrogen) atoms. The molecule has 0 aliphatic heterocycles. The average molecular weight is 392 g/mol. The highest BCUT2D eigenvalue weighted by molar-refractivity contribution is 9.10. The van der Waals surface area contributed by atoms with E-state index >= 15 is 0 Å². The highest BCUT2D eigenvalue weighted by atomic mass is 79.9. The molecule has 0 saturated carbocycles. The number of benzene rings is 2. The van der Waals surface area contributed by atoms with Gasteiger partial charge >= 0.3 is 0 Å². The number of halogens is 1. The maximum absolute atomic E-state index is 5.63. The number of ether oxygens (including phenoxy) is 2. The zero-order valence-corrected chi connectivity index (χ0v) is 16.2. The topological polar surface area (TPSA) is 30.5 Å². The maximum Gasteiger partial charge on any atom is 0.175 e. The summed E-state index contributed by atoms with van der Waals surface area (Å²) >= 11 is 3.58. The van der Waals surface area contributed by atoms with Crippen LogP contribution < -0.4 is 14.8 Å². The summed E-state index contributed by atoms with van der Waals surface area (Å²) in [6.45, 7) is 5.61. The van der Waals surface area contributed by atoms with Crippen molar-refractivity contribution in [2.75, 3.05) is 13.7 Å². The van der Waals surface area contributed by atoms with Gasteiger partial charge in [0, 0.05) is 12.6 Å². The predicted octanol–water partition coefficient (Wildman–Crippen LogP) is 4.97. The van der Waals surface area contributed by atoms with Crippen molar-refractivity contribution in [2.24, 2.45) is 0 Å². The van der Waals surface area contributed by atoms with Crippen LogP contribution in [0.4, 0.5) is 0 Å². The molecule has 0 fully saturated rings. The monoisotopic (exact) mass is 391 g/mol. The molecule has 2 aromatic rings. The Balaban J connectivity index is 1.90. The Bertz CT molecular complexity index is 631. The quantitative estimate of drug-likeness (QED) is 0.654. The van der Waals surface area contributed by atoms with Crippen LogP contribution in [0.5, 0.6) is 11.5 Å². The summed E-state index contributed by atoms with van der Waals surface area (Å²) < 4.78 is 12.0. The van der Waals surface area contributed by atoms with Crippen LogP contribution in [-0.4, -0.2) is 19.8 Å². The van der Waals surface area contributed by atoms with Crippen molar-refractivity contribution in [3.63, 3.8) is 0 Å². The normalized spacial score (nSPS) is 12.0. The number of aryl methyl sites for hydroxylation is 1. The van der Waals surface area contributed by atoms with Crippen LogP contribution in [0.3, 0.4) is 0 Å². The van der Waals surface area contributed by atoms with Gasteiger partial charge in [-0.15, -0.1) is 0 Å². The first-order chi connectivity index (χ1) is 11.6. The van der Waals surface area contributed by atoms with Gasteiger partial charge < -0.3 is 14.8 Å². The molecule has 0 aromatic heterocycles. The lowest BCUT2D eigenvalue weighted by Gasteiger charge is -2.16. The molecule has 0 aliphatic rings. The van der Waals surface area contributed by atoms with Crippen molar-refractivity contribution in [3.05, 3.63) is 58.1 Å². The molecule has 2 aromatic carbocycles. The van der Waals surface area contributed by atoms with Crippen molar-refractivity contribution in [3.8, 4) is 11.5 Å². The second-order valence-corrected chi connectivity index (χ2v) is 6.70.